The molecule has 7 nitrogen and oxygen atoms in total. The lowest BCUT2D eigenvalue weighted by Crippen LogP contribution is -2.45. The van der Waals surface area contributed by atoms with Crippen LogP contribution in [-0.4, -0.2) is 42.8 Å². The number of hydrogen-bond donors (Lipinski definition) is 2. The Bertz CT molecular complexity index is 646. The molecule has 0 aliphatic heterocycles. The minimum Gasteiger partial charge on any atom is -0.490 e. The highest BCUT2D eigenvalue weighted by Crippen LogP contribution is 2.39. The summed E-state index contributed by atoms with van der Waals surface area (Å²) in [5.74, 6) is -0.455. The van der Waals surface area contributed by atoms with Crippen molar-refractivity contribution in [2.45, 2.75) is 59.9 Å². The molecule has 0 spiro atoms. The van der Waals surface area contributed by atoms with Gasteiger partial charge in [0, 0.05) is 5.56 Å². The average Bonchev–Trinajstić information content (AvgIpc) is 2.68. The minimum absolute atomic E-state index is 0.198. The lowest BCUT2D eigenvalue weighted by Gasteiger charge is -2.21. The van der Waals surface area contributed by atoms with Crippen molar-refractivity contribution in [2.75, 3.05) is 19.8 Å². The van der Waals surface area contributed by atoms with E-state index in [-0.39, 0.29) is 11.5 Å². The van der Waals surface area contributed by atoms with E-state index in [4.69, 9.17) is 14.2 Å². The van der Waals surface area contributed by atoms with Gasteiger partial charge in [-0.3, -0.25) is 4.79 Å². The molecule has 0 aliphatic carbocycles. The first kappa shape index (κ1) is 23.6. The molecule has 0 aromatic heterocycles. The number of nitrogens with one attached hydrogen (secondary N) is 1. The Hall–Kier alpha value is -2.44. The van der Waals surface area contributed by atoms with E-state index < -0.39 is 17.9 Å². The lowest BCUT2D eigenvalue weighted by atomic mass is 9.99. The Balaban J connectivity index is 3.27. The fourth-order valence-electron chi connectivity index (χ4n) is 2.54. The summed E-state index contributed by atoms with van der Waals surface area (Å²) in [4.78, 5) is 24.3. The Morgan fingerprint density at radius 2 is 1.57 bits per heavy atom. The third-order valence-corrected chi connectivity index (χ3v) is 4.26. The van der Waals surface area contributed by atoms with Crippen LogP contribution >= 0.6 is 0 Å². The molecule has 7 heteroatoms. The average molecular weight is 395 g/mol. The normalized spacial score (nSPS) is 12.8. The van der Waals surface area contributed by atoms with Crippen molar-refractivity contribution in [3.8, 4) is 17.2 Å². The van der Waals surface area contributed by atoms with Crippen LogP contribution in [0.5, 0.6) is 17.2 Å². The summed E-state index contributed by atoms with van der Waals surface area (Å²) in [7, 11) is 0. The number of carboxylic acids is 1. The Labute approximate surface area is 167 Å². The standard InChI is InChI=1S/C21H33NO6/c1-6-10-27-17-13-15(12-16(26-9-4)19(17)28-11-7-2)20(23)22-18(21(24)25)14(5)8-3/h12-14,18H,6-11H2,1-5H3,(H,22,23)(H,24,25)/t14?,18-/m0/s1. The second-order valence-electron chi connectivity index (χ2n) is 6.61. The highest BCUT2D eigenvalue weighted by Gasteiger charge is 2.27. The minimum atomic E-state index is -1.06. The molecule has 1 unspecified atom stereocenters. The van der Waals surface area contributed by atoms with E-state index in [2.05, 4.69) is 5.32 Å². The monoisotopic (exact) mass is 395 g/mol. The molecule has 158 valence electrons. The number of rotatable bonds is 13. The molecule has 0 radical (unpaired) electrons. The summed E-state index contributed by atoms with van der Waals surface area (Å²) in [6.45, 7) is 10.8. The van der Waals surface area contributed by atoms with Gasteiger partial charge in [0.1, 0.15) is 6.04 Å². The number of amides is 1. The van der Waals surface area contributed by atoms with Crippen molar-refractivity contribution in [2.24, 2.45) is 5.92 Å². The maximum Gasteiger partial charge on any atom is 0.326 e. The SMILES string of the molecule is CCCOc1cc(C(=O)N[C@H](C(=O)O)C(C)CC)cc(OCC)c1OCCC. The quantitative estimate of drug-likeness (QED) is 0.526. The van der Waals surface area contributed by atoms with Crippen LogP contribution in [0.4, 0.5) is 0 Å². The van der Waals surface area contributed by atoms with Gasteiger partial charge in [0.15, 0.2) is 11.5 Å². The van der Waals surface area contributed by atoms with Gasteiger partial charge in [0.2, 0.25) is 5.75 Å². The maximum absolute atomic E-state index is 12.8. The zero-order valence-corrected chi connectivity index (χ0v) is 17.5. The summed E-state index contributed by atoms with van der Waals surface area (Å²) in [5.41, 5.74) is 0.271. The number of carboxylic acid groups (broad SMARTS) is 1. The number of ether oxygens (including phenoxy) is 3. The van der Waals surface area contributed by atoms with E-state index in [0.29, 0.717) is 43.5 Å². The largest absolute Gasteiger partial charge is 0.490 e. The van der Waals surface area contributed by atoms with Crippen molar-refractivity contribution in [3.63, 3.8) is 0 Å². The van der Waals surface area contributed by atoms with Crippen LogP contribution in [0.2, 0.25) is 0 Å². The predicted molar refractivity (Wildman–Crippen MR) is 108 cm³/mol. The molecule has 1 rings (SSSR count). The van der Waals surface area contributed by atoms with Crippen molar-refractivity contribution >= 4 is 11.9 Å². The molecule has 0 fully saturated rings. The zero-order valence-electron chi connectivity index (χ0n) is 17.5. The number of benzene rings is 1. The molecule has 0 aliphatic rings. The van der Waals surface area contributed by atoms with Crippen LogP contribution < -0.4 is 19.5 Å². The van der Waals surface area contributed by atoms with Gasteiger partial charge in [-0.05, 0) is 37.8 Å². The molecule has 1 amide bonds. The maximum atomic E-state index is 12.8. The summed E-state index contributed by atoms with van der Waals surface area (Å²) >= 11 is 0. The molecule has 0 saturated carbocycles. The summed E-state index contributed by atoms with van der Waals surface area (Å²) in [6, 6.07) is 2.18. The van der Waals surface area contributed by atoms with E-state index in [0.717, 1.165) is 12.8 Å². The Morgan fingerprint density at radius 3 is 2.07 bits per heavy atom. The van der Waals surface area contributed by atoms with Crippen LogP contribution in [0.3, 0.4) is 0 Å². The van der Waals surface area contributed by atoms with Crippen LogP contribution in [0.15, 0.2) is 12.1 Å². The third kappa shape index (κ3) is 6.62. The van der Waals surface area contributed by atoms with Crippen LogP contribution in [0.1, 0.15) is 64.2 Å². The first-order chi connectivity index (χ1) is 13.4. The van der Waals surface area contributed by atoms with E-state index in [1.165, 1.54) is 0 Å². The molecule has 0 saturated heterocycles. The number of hydrogen-bond acceptors (Lipinski definition) is 5. The van der Waals surface area contributed by atoms with Crippen molar-refractivity contribution in [1.82, 2.24) is 5.32 Å². The second kappa shape index (κ2) is 12.1. The van der Waals surface area contributed by atoms with Crippen LogP contribution in [-0.2, 0) is 4.79 Å². The zero-order chi connectivity index (χ0) is 21.1. The van der Waals surface area contributed by atoms with E-state index >= 15 is 0 Å². The van der Waals surface area contributed by atoms with E-state index in [9.17, 15) is 14.7 Å². The molecule has 1 aromatic carbocycles. The van der Waals surface area contributed by atoms with Gasteiger partial charge in [-0.15, -0.1) is 0 Å². The lowest BCUT2D eigenvalue weighted by molar-refractivity contribution is -0.140. The van der Waals surface area contributed by atoms with Gasteiger partial charge in [-0.2, -0.15) is 0 Å². The summed E-state index contributed by atoms with van der Waals surface area (Å²) in [6.07, 6.45) is 2.25. The Morgan fingerprint density at radius 1 is 1.00 bits per heavy atom. The van der Waals surface area contributed by atoms with Crippen molar-refractivity contribution in [1.29, 1.82) is 0 Å². The fraction of sp³-hybridized carbons (Fsp3) is 0.619. The summed E-state index contributed by atoms with van der Waals surface area (Å²) < 4.78 is 17.2. The topological polar surface area (TPSA) is 94.1 Å². The molecular weight excluding hydrogens is 362 g/mol. The van der Waals surface area contributed by atoms with Gasteiger partial charge in [-0.25, -0.2) is 4.79 Å². The smallest absolute Gasteiger partial charge is 0.326 e. The molecule has 0 bridgehead atoms. The highest BCUT2D eigenvalue weighted by molar-refractivity contribution is 5.97. The van der Waals surface area contributed by atoms with E-state index in [1.807, 2.05) is 27.7 Å². The van der Waals surface area contributed by atoms with Gasteiger partial charge < -0.3 is 24.6 Å². The summed E-state index contributed by atoms with van der Waals surface area (Å²) in [5, 5.41) is 12.0. The first-order valence-corrected chi connectivity index (χ1v) is 9.99. The second-order valence-corrected chi connectivity index (χ2v) is 6.61. The van der Waals surface area contributed by atoms with Gasteiger partial charge >= 0.3 is 5.97 Å². The Kier molecular flexibility index (Phi) is 10.2. The van der Waals surface area contributed by atoms with Crippen LogP contribution in [0.25, 0.3) is 0 Å². The highest BCUT2D eigenvalue weighted by atomic mass is 16.5. The molecule has 2 N–H and O–H groups in total. The number of carbonyl (C=O) groups excluding carboxylic acids is 1. The molecule has 1 aromatic rings. The number of carbonyl (C=O) groups is 2. The van der Waals surface area contributed by atoms with Crippen molar-refractivity contribution in [3.05, 3.63) is 17.7 Å². The number of aliphatic carboxylic acids is 1. The molecule has 28 heavy (non-hydrogen) atoms. The van der Waals surface area contributed by atoms with Crippen LogP contribution in [0, 0.1) is 5.92 Å². The van der Waals surface area contributed by atoms with Crippen molar-refractivity contribution < 1.29 is 28.9 Å². The molecule has 2 atom stereocenters. The molecular formula is C21H33NO6. The van der Waals surface area contributed by atoms with Gasteiger partial charge in [-0.1, -0.05) is 34.1 Å². The van der Waals surface area contributed by atoms with Gasteiger partial charge in [0.25, 0.3) is 5.91 Å². The third-order valence-electron chi connectivity index (χ3n) is 4.26. The predicted octanol–water partition coefficient (Wildman–Crippen LogP) is 3.89. The fourth-order valence-corrected chi connectivity index (χ4v) is 2.54. The van der Waals surface area contributed by atoms with Gasteiger partial charge in [0.05, 0.1) is 19.8 Å². The van der Waals surface area contributed by atoms with E-state index in [1.54, 1.807) is 19.1 Å². The first-order valence-electron chi connectivity index (χ1n) is 9.99. The molecule has 0 heterocycles.